The number of nitro groups is 1. The van der Waals surface area contributed by atoms with Gasteiger partial charge < -0.3 is 9.47 Å². The van der Waals surface area contributed by atoms with Crippen LogP contribution in [0.3, 0.4) is 0 Å². The van der Waals surface area contributed by atoms with Crippen LogP contribution in [0.2, 0.25) is 0 Å². The molecule has 146 valence electrons. The Hall–Kier alpha value is -2.90. The first-order valence-electron chi connectivity index (χ1n) is 9.42. The highest BCUT2D eigenvalue weighted by atomic mass is 16.7. The summed E-state index contributed by atoms with van der Waals surface area (Å²) in [5.41, 5.74) is 2.02. The predicted octanol–water partition coefficient (Wildman–Crippen LogP) is 3.15. The van der Waals surface area contributed by atoms with Gasteiger partial charge in [-0.1, -0.05) is 30.4 Å². The zero-order chi connectivity index (χ0) is 19.3. The lowest BCUT2D eigenvalue weighted by atomic mass is 10.1. The Morgan fingerprint density at radius 3 is 2.57 bits per heavy atom. The fourth-order valence-corrected chi connectivity index (χ4v) is 3.55. The molecule has 1 fully saturated rings. The average Bonchev–Trinajstić information content (AvgIpc) is 3.17. The molecule has 0 aliphatic carbocycles. The minimum absolute atomic E-state index is 0.146. The van der Waals surface area contributed by atoms with Gasteiger partial charge in [-0.25, -0.2) is 0 Å². The molecule has 7 nitrogen and oxygen atoms in total. The molecule has 2 aromatic carbocycles. The van der Waals surface area contributed by atoms with Gasteiger partial charge in [-0.3, -0.25) is 19.9 Å². The van der Waals surface area contributed by atoms with Crippen LogP contribution in [0, 0.1) is 10.1 Å². The lowest BCUT2D eigenvalue weighted by Crippen LogP contribution is -2.45. The number of para-hydroxylation sites is 1. The predicted molar refractivity (Wildman–Crippen MR) is 106 cm³/mol. The quantitative estimate of drug-likeness (QED) is 0.566. The maximum absolute atomic E-state index is 11.1. The fraction of sp³-hybridized carbons (Fsp3) is 0.333. The van der Waals surface area contributed by atoms with Gasteiger partial charge >= 0.3 is 0 Å². The van der Waals surface area contributed by atoms with Crippen LogP contribution in [-0.4, -0.2) is 54.2 Å². The summed E-state index contributed by atoms with van der Waals surface area (Å²) in [5, 5.41) is 11.1. The van der Waals surface area contributed by atoms with E-state index in [1.807, 2.05) is 24.3 Å². The Balaban J connectivity index is 1.26. The molecule has 28 heavy (non-hydrogen) atoms. The van der Waals surface area contributed by atoms with Crippen LogP contribution < -0.4 is 9.47 Å². The highest BCUT2D eigenvalue weighted by molar-refractivity contribution is 5.60. The smallest absolute Gasteiger partial charge is 0.276 e. The van der Waals surface area contributed by atoms with Crippen molar-refractivity contribution in [3.8, 4) is 11.5 Å². The number of nitro benzene ring substituents is 1. The van der Waals surface area contributed by atoms with E-state index in [1.165, 1.54) is 11.6 Å². The van der Waals surface area contributed by atoms with Crippen LogP contribution in [0.4, 0.5) is 5.69 Å². The largest absolute Gasteiger partial charge is 0.454 e. The second kappa shape index (κ2) is 8.41. The molecule has 0 bridgehead atoms. The number of fused-ring (bicyclic) bond motifs is 1. The first kappa shape index (κ1) is 18.5. The van der Waals surface area contributed by atoms with Gasteiger partial charge in [0.1, 0.15) is 0 Å². The highest BCUT2D eigenvalue weighted by Crippen LogP contribution is 2.32. The summed E-state index contributed by atoms with van der Waals surface area (Å²) in [5.74, 6) is 1.65. The van der Waals surface area contributed by atoms with Gasteiger partial charge in [-0.15, -0.1) is 0 Å². The number of piperazine rings is 1. The van der Waals surface area contributed by atoms with Crippen LogP contribution in [0.5, 0.6) is 11.5 Å². The fourth-order valence-electron chi connectivity index (χ4n) is 3.55. The molecule has 2 aliphatic heterocycles. The van der Waals surface area contributed by atoms with Crippen molar-refractivity contribution in [1.29, 1.82) is 0 Å². The molecule has 0 spiro atoms. The maximum atomic E-state index is 11.1. The molecule has 2 aromatic rings. The zero-order valence-electron chi connectivity index (χ0n) is 15.6. The van der Waals surface area contributed by atoms with Gasteiger partial charge in [-0.05, 0) is 23.8 Å². The van der Waals surface area contributed by atoms with E-state index < -0.39 is 0 Å². The van der Waals surface area contributed by atoms with Gasteiger partial charge in [0, 0.05) is 45.3 Å². The summed E-state index contributed by atoms with van der Waals surface area (Å²) >= 11 is 0. The van der Waals surface area contributed by atoms with E-state index in [1.54, 1.807) is 12.1 Å². The molecular formula is C21H23N3O4. The van der Waals surface area contributed by atoms with E-state index in [4.69, 9.17) is 9.47 Å². The van der Waals surface area contributed by atoms with E-state index in [-0.39, 0.29) is 10.6 Å². The molecule has 7 heteroatoms. The number of benzene rings is 2. The number of hydrogen-bond donors (Lipinski definition) is 0. The second-order valence-corrected chi connectivity index (χ2v) is 6.98. The molecule has 2 heterocycles. The van der Waals surface area contributed by atoms with Crippen LogP contribution in [0.15, 0.2) is 48.5 Å². The Kier molecular flexibility index (Phi) is 5.55. The van der Waals surface area contributed by atoms with E-state index in [2.05, 4.69) is 21.9 Å². The summed E-state index contributed by atoms with van der Waals surface area (Å²) in [7, 11) is 0. The van der Waals surface area contributed by atoms with Crippen LogP contribution in [0.25, 0.3) is 6.08 Å². The molecule has 0 atom stereocenters. The van der Waals surface area contributed by atoms with Crippen LogP contribution >= 0.6 is 0 Å². The molecule has 0 aromatic heterocycles. The van der Waals surface area contributed by atoms with Crippen molar-refractivity contribution in [2.75, 3.05) is 39.5 Å². The molecule has 0 amide bonds. The van der Waals surface area contributed by atoms with Crippen molar-refractivity contribution >= 4 is 11.8 Å². The first-order chi connectivity index (χ1) is 13.7. The molecule has 0 unspecified atom stereocenters. The summed E-state index contributed by atoms with van der Waals surface area (Å²) in [6.45, 7) is 5.94. The van der Waals surface area contributed by atoms with Gasteiger partial charge in [0.2, 0.25) is 6.79 Å². The molecule has 4 rings (SSSR count). The maximum Gasteiger partial charge on any atom is 0.276 e. The average molecular weight is 381 g/mol. The van der Waals surface area contributed by atoms with Gasteiger partial charge in [-0.2, -0.15) is 0 Å². The number of nitrogens with zero attached hydrogens (tertiary/aromatic N) is 3. The second-order valence-electron chi connectivity index (χ2n) is 6.98. The molecule has 0 radical (unpaired) electrons. The molecule has 1 saturated heterocycles. The summed E-state index contributed by atoms with van der Waals surface area (Å²) < 4.78 is 10.8. The summed E-state index contributed by atoms with van der Waals surface area (Å²) in [6.07, 6.45) is 3.85. The zero-order valence-corrected chi connectivity index (χ0v) is 15.6. The van der Waals surface area contributed by atoms with Crippen molar-refractivity contribution in [3.63, 3.8) is 0 Å². The Labute approximate surface area is 163 Å². The minimum atomic E-state index is -0.339. The van der Waals surface area contributed by atoms with Crippen molar-refractivity contribution in [3.05, 3.63) is 69.8 Å². The van der Waals surface area contributed by atoms with Gasteiger partial charge in [0.05, 0.1) is 10.5 Å². The lowest BCUT2D eigenvalue weighted by Gasteiger charge is -2.34. The third kappa shape index (κ3) is 4.32. The third-order valence-electron chi connectivity index (χ3n) is 5.10. The van der Waals surface area contributed by atoms with E-state index in [0.29, 0.717) is 12.4 Å². The van der Waals surface area contributed by atoms with Crippen molar-refractivity contribution < 1.29 is 14.4 Å². The minimum Gasteiger partial charge on any atom is -0.454 e. The number of hydrogen-bond acceptors (Lipinski definition) is 6. The lowest BCUT2D eigenvalue weighted by molar-refractivity contribution is -0.385. The topological polar surface area (TPSA) is 68.1 Å². The molecular weight excluding hydrogens is 358 g/mol. The Morgan fingerprint density at radius 1 is 1.00 bits per heavy atom. The van der Waals surface area contributed by atoms with Crippen LogP contribution in [0.1, 0.15) is 11.1 Å². The molecule has 0 saturated carbocycles. The van der Waals surface area contributed by atoms with E-state index in [9.17, 15) is 10.1 Å². The van der Waals surface area contributed by atoms with Gasteiger partial charge in [0.15, 0.2) is 11.5 Å². The van der Waals surface area contributed by atoms with Crippen molar-refractivity contribution in [2.45, 2.75) is 6.54 Å². The van der Waals surface area contributed by atoms with E-state index >= 15 is 0 Å². The Morgan fingerprint density at radius 2 is 1.75 bits per heavy atom. The van der Waals surface area contributed by atoms with Crippen molar-refractivity contribution in [2.24, 2.45) is 0 Å². The Bertz CT molecular complexity index is 876. The van der Waals surface area contributed by atoms with Crippen molar-refractivity contribution in [1.82, 2.24) is 9.80 Å². The summed E-state index contributed by atoms with van der Waals surface area (Å²) in [4.78, 5) is 15.5. The molecule has 2 aliphatic rings. The number of ether oxygens (including phenoxy) is 2. The standard InChI is InChI=1S/C21H23N3O4/c25-24(26)19-6-2-1-4-18(19)5-3-9-22-10-12-23(13-11-22)15-17-7-8-20-21(14-17)28-16-27-20/h1-8,14H,9-13,15-16H2/b5-3+. The SMILES string of the molecule is O=[N+]([O-])c1ccccc1/C=C/CN1CCN(Cc2ccc3c(c2)OCO3)CC1. The summed E-state index contributed by atoms with van der Waals surface area (Å²) in [6, 6.07) is 12.9. The normalized spacial score (nSPS) is 17.3. The third-order valence-corrected chi connectivity index (χ3v) is 5.10. The monoisotopic (exact) mass is 381 g/mol. The highest BCUT2D eigenvalue weighted by Gasteiger charge is 2.18. The molecule has 0 N–H and O–H groups in total. The number of rotatable bonds is 6. The van der Waals surface area contributed by atoms with E-state index in [0.717, 1.165) is 50.8 Å². The van der Waals surface area contributed by atoms with Crippen LogP contribution in [-0.2, 0) is 6.54 Å². The van der Waals surface area contributed by atoms with Gasteiger partial charge in [0.25, 0.3) is 5.69 Å². The first-order valence-corrected chi connectivity index (χ1v) is 9.42.